The van der Waals surface area contributed by atoms with E-state index in [-0.39, 0.29) is 5.96 Å². The van der Waals surface area contributed by atoms with E-state index in [4.69, 9.17) is 32.2 Å². The molecule has 0 aliphatic heterocycles. The summed E-state index contributed by atoms with van der Waals surface area (Å²) in [4.78, 5) is 13.0. The van der Waals surface area contributed by atoms with Crippen LogP contribution in [0.15, 0.2) is 42.6 Å². The van der Waals surface area contributed by atoms with Gasteiger partial charge in [-0.25, -0.2) is 4.98 Å². The molecule has 8 heteroatoms. The summed E-state index contributed by atoms with van der Waals surface area (Å²) >= 11 is 6.03. The number of halogens is 1. The number of hydrogen-bond acceptors (Lipinski definition) is 4. The number of nitrogens with zero attached hydrogens (tertiary/aromatic N) is 2. The lowest BCUT2D eigenvalue weighted by Crippen LogP contribution is -2.29. The van der Waals surface area contributed by atoms with Gasteiger partial charge in [-0.15, -0.1) is 0 Å². The van der Waals surface area contributed by atoms with Gasteiger partial charge < -0.3 is 15.7 Å². The number of aliphatic carboxylic acids is 1. The Labute approximate surface area is 144 Å². The van der Waals surface area contributed by atoms with E-state index in [0.717, 1.165) is 12.5 Å². The Morgan fingerprint density at radius 2 is 2.04 bits per heavy atom. The number of guanidine groups is 1. The number of nitriles is 1. The van der Waals surface area contributed by atoms with Crippen molar-refractivity contribution in [3.8, 4) is 6.07 Å². The first-order chi connectivity index (χ1) is 11.4. The number of benzene rings is 1. The highest BCUT2D eigenvalue weighted by molar-refractivity contribution is 6.31. The van der Waals surface area contributed by atoms with Crippen molar-refractivity contribution >= 4 is 29.3 Å². The molecular weight excluding hydrogens is 330 g/mol. The number of carbonyl (C=O) groups is 1. The van der Waals surface area contributed by atoms with E-state index in [1.807, 2.05) is 24.3 Å². The molecule has 24 heavy (non-hydrogen) atoms. The molecule has 0 amide bonds. The third kappa shape index (κ3) is 7.24. The minimum absolute atomic E-state index is 0.113. The van der Waals surface area contributed by atoms with Crippen molar-refractivity contribution in [3.63, 3.8) is 0 Å². The predicted molar refractivity (Wildman–Crippen MR) is 91.9 cm³/mol. The van der Waals surface area contributed by atoms with Gasteiger partial charge in [0.15, 0.2) is 5.96 Å². The smallest absolute Gasteiger partial charge is 0.300 e. The van der Waals surface area contributed by atoms with Gasteiger partial charge in [-0.1, -0.05) is 29.8 Å². The number of carboxylic acids is 1. The number of rotatable bonds is 3. The Morgan fingerprint density at radius 1 is 1.38 bits per heavy atom. The van der Waals surface area contributed by atoms with Crippen molar-refractivity contribution in [2.75, 3.05) is 5.32 Å². The van der Waals surface area contributed by atoms with Crippen molar-refractivity contribution in [3.05, 3.63) is 58.7 Å². The van der Waals surface area contributed by atoms with E-state index in [2.05, 4.69) is 15.6 Å². The van der Waals surface area contributed by atoms with Crippen molar-refractivity contribution in [2.45, 2.75) is 13.5 Å². The van der Waals surface area contributed by atoms with Crippen LogP contribution < -0.4 is 10.6 Å². The summed E-state index contributed by atoms with van der Waals surface area (Å²) < 4.78 is 0. The molecular formula is C16H16ClN5O2. The lowest BCUT2D eigenvalue weighted by Gasteiger charge is -2.10. The highest BCUT2D eigenvalue weighted by atomic mass is 35.5. The summed E-state index contributed by atoms with van der Waals surface area (Å²) in [5, 5.41) is 30.2. The number of hydrogen-bond donors (Lipinski definition) is 4. The summed E-state index contributed by atoms with van der Waals surface area (Å²) in [6.07, 6.45) is 1.45. The number of anilines is 1. The van der Waals surface area contributed by atoms with E-state index in [9.17, 15) is 0 Å². The lowest BCUT2D eigenvalue weighted by molar-refractivity contribution is -0.134. The Bertz CT molecular complexity index is 737. The molecule has 0 spiro atoms. The maximum Gasteiger partial charge on any atom is 0.300 e. The highest BCUT2D eigenvalue weighted by Gasteiger charge is 2.02. The monoisotopic (exact) mass is 345 g/mol. The number of carboxylic acid groups (broad SMARTS) is 1. The van der Waals surface area contributed by atoms with Crippen LogP contribution in [-0.2, 0) is 11.3 Å². The van der Waals surface area contributed by atoms with Gasteiger partial charge in [-0.05, 0) is 23.8 Å². The van der Waals surface area contributed by atoms with Crippen LogP contribution in [0.5, 0.6) is 0 Å². The summed E-state index contributed by atoms with van der Waals surface area (Å²) in [6.45, 7) is 1.53. The zero-order valence-corrected chi connectivity index (χ0v) is 13.6. The molecule has 0 radical (unpaired) electrons. The van der Waals surface area contributed by atoms with Crippen molar-refractivity contribution in [1.29, 1.82) is 10.7 Å². The van der Waals surface area contributed by atoms with Crippen molar-refractivity contribution in [2.24, 2.45) is 0 Å². The largest absolute Gasteiger partial charge is 0.481 e. The second-order valence-corrected chi connectivity index (χ2v) is 4.92. The van der Waals surface area contributed by atoms with Crippen molar-refractivity contribution in [1.82, 2.24) is 10.3 Å². The van der Waals surface area contributed by atoms with Gasteiger partial charge in [0.05, 0.1) is 5.56 Å². The van der Waals surface area contributed by atoms with Gasteiger partial charge in [-0.3, -0.25) is 10.2 Å². The first-order valence-electron chi connectivity index (χ1n) is 6.81. The van der Waals surface area contributed by atoms with Crippen molar-refractivity contribution < 1.29 is 9.90 Å². The zero-order valence-electron chi connectivity index (χ0n) is 12.9. The topological polar surface area (TPSA) is 122 Å². The molecule has 2 rings (SSSR count). The number of pyridine rings is 1. The van der Waals surface area contributed by atoms with Gasteiger partial charge in [0.2, 0.25) is 0 Å². The standard InChI is InChI=1S/C14H12ClN5.C2H4O2/c15-12-4-2-1-3-11(12)9-19-14(17)20-13-6-5-10(7-16)8-18-13;1-2(3)4/h1-6,8H,9H2,(H3,17,18,19,20);1H3,(H,3,4). The third-order valence-electron chi connectivity index (χ3n) is 2.56. The fourth-order valence-corrected chi connectivity index (χ4v) is 1.73. The van der Waals surface area contributed by atoms with Crippen LogP contribution in [0.25, 0.3) is 0 Å². The maximum atomic E-state index is 9.00. The normalized spacial score (nSPS) is 9.04. The molecule has 0 aliphatic carbocycles. The molecule has 1 aromatic heterocycles. The summed E-state index contributed by atoms with van der Waals surface area (Å²) in [6, 6.07) is 12.7. The van der Waals surface area contributed by atoms with Crippen LogP contribution in [0.2, 0.25) is 5.02 Å². The molecule has 0 saturated heterocycles. The van der Waals surface area contributed by atoms with Gasteiger partial charge >= 0.3 is 0 Å². The second kappa shape index (κ2) is 9.82. The van der Waals surface area contributed by atoms with E-state index >= 15 is 0 Å². The summed E-state index contributed by atoms with van der Waals surface area (Å²) in [5.74, 6) is -0.220. The molecule has 2 aromatic rings. The van der Waals surface area contributed by atoms with E-state index in [1.165, 1.54) is 6.20 Å². The first-order valence-corrected chi connectivity index (χ1v) is 7.18. The average molecular weight is 346 g/mol. The number of nitrogens with one attached hydrogen (secondary N) is 3. The molecule has 124 valence electrons. The van der Waals surface area contributed by atoms with Crippen LogP contribution in [0.4, 0.5) is 5.82 Å². The Balaban J connectivity index is 0.000000648. The predicted octanol–water partition coefficient (Wildman–Crippen LogP) is 2.83. The molecule has 1 aromatic carbocycles. The lowest BCUT2D eigenvalue weighted by atomic mass is 10.2. The highest BCUT2D eigenvalue weighted by Crippen LogP contribution is 2.14. The maximum absolute atomic E-state index is 9.00. The molecule has 1 heterocycles. The van der Waals surface area contributed by atoms with Crippen LogP contribution in [0, 0.1) is 16.7 Å². The van der Waals surface area contributed by atoms with Crippen LogP contribution in [0.1, 0.15) is 18.1 Å². The van der Waals surface area contributed by atoms with Gasteiger partial charge in [0, 0.05) is 24.7 Å². The molecule has 4 N–H and O–H groups in total. The molecule has 0 bridgehead atoms. The number of aromatic nitrogens is 1. The van der Waals surface area contributed by atoms with E-state index in [0.29, 0.717) is 22.9 Å². The summed E-state index contributed by atoms with van der Waals surface area (Å²) in [5.41, 5.74) is 1.39. The first kappa shape index (κ1) is 18.9. The summed E-state index contributed by atoms with van der Waals surface area (Å²) in [7, 11) is 0. The minimum atomic E-state index is -0.833. The van der Waals surface area contributed by atoms with Crippen LogP contribution in [-0.4, -0.2) is 22.0 Å². The molecule has 0 aliphatic rings. The molecule has 7 nitrogen and oxygen atoms in total. The average Bonchev–Trinajstić information content (AvgIpc) is 2.54. The zero-order chi connectivity index (χ0) is 17.9. The van der Waals surface area contributed by atoms with Crippen LogP contribution in [0.3, 0.4) is 0 Å². The Kier molecular flexibility index (Phi) is 7.75. The van der Waals surface area contributed by atoms with Gasteiger partial charge in [-0.2, -0.15) is 5.26 Å². The Hall–Kier alpha value is -3.11. The molecule has 0 saturated carbocycles. The molecule has 0 unspecified atom stereocenters. The quantitative estimate of drug-likeness (QED) is 0.501. The third-order valence-corrected chi connectivity index (χ3v) is 2.93. The fraction of sp³-hybridized carbons (Fsp3) is 0.125. The molecule has 0 atom stereocenters. The van der Waals surface area contributed by atoms with Crippen LogP contribution >= 0.6 is 11.6 Å². The molecule has 0 fully saturated rings. The van der Waals surface area contributed by atoms with Gasteiger partial charge in [0.1, 0.15) is 11.9 Å². The van der Waals surface area contributed by atoms with Gasteiger partial charge in [0.25, 0.3) is 5.97 Å². The van der Waals surface area contributed by atoms with E-state index in [1.54, 1.807) is 18.2 Å². The SMILES string of the molecule is CC(=O)O.N#Cc1ccc(NC(=N)NCc2ccccc2Cl)nc1. The second-order valence-electron chi connectivity index (χ2n) is 4.51. The van der Waals surface area contributed by atoms with E-state index < -0.39 is 5.97 Å². The fourth-order valence-electron chi connectivity index (χ4n) is 1.53. The Morgan fingerprint density at radius 3 is 2.58 bits per heavy atom. The minimum Gasteiger partial charge on any atom is -0.481 e.